The van der Waals surface area contributed by atoms with Crippen molar-refractivity contribution < 1.29 is 9.53 Å². The zero-order valence-electron chi connectivity index (χ0n) is 18.5. The van der Waals surface area contributed by atoms with Gasteiger partial charge in [0.2, 0.25) is 5.91 Å². The van der Waals surface area contributed by atoms with Crippen molar-refractivity contribution >= 4 is 22.4 Å². The van der Waals surface area contributed by atoms with Crippen molar-refractivity contribution in [2.45, 2.75) is 32.1 Å². The van der Waals surface area contributed by atoms with Gasteiger partial charge in [-0.15, -0.1) is 11.3 Å². The topological polar surface area (TPSA) is 67.3 Å². The first-order valence-electron chi connectivity index (χ1n) is 11.2. The molecule has 0 bridgehead atoms. The lowest BCUT2D eigenvalue weighted by molar-refractivity contribution is -0.117. The number of piperidine rings is 1. The monoisotopic (exact) mass is 450 g/mol. The van der Waals surface area contributed by atoms with E-state index < -0.39 is 0 Å². The minimum Gasteiger partial charge on any atom is -0.494 e. The van der Waals surface area contributed by atoms with E-state index in [2.05, 4.69) is 15.3 Å². The van der Waals surface area contributed by atoms with Crippen molar-refractivity contribution in [1.29, 1.82) is 0 Å². The van der Waals surface area contributed by atoms with Gasteiger partial charge in [-0.3, -0.25) is 14.7 Å². The number of thiazole rings is 1. The van der Waals surface area contributed by atoms with Crippen LogP contribution in [0.2, 0.25) is 0 Å². The Hall–Kier alpha value is -2.77. The molecule has 32 heavy (non-hydrogen) atoms. The smallest absolute Gasteiger partial charge is 0.232 e. The maximum absolute atomic E-state index is 12.8. The van der Waals surface area contributed by atoms with Crippen LogP contribution in [0.1, 0.15) is 31.2 Å². The third-order valence-corrected chi connectivity index (χ3v) is 6.78. The zero-order valence-corrected chi connectivity index (χ0v) is 19.3. The van der Waals surface area contributed by atoms with E-state index in [0.29, 0.717) is 11.6 Å². The van der Waals surface area contributed by atoms with Crippen molar-refractivity contribution in [2.24, 2.45) is 5.92 Å². The number of benzene rings is 1. The van der Waals surface area contributed by atoms with Crippen LogP contribution < -0.4 is 15.0 Å². The molecule has 0 spiro atoms. The van der Waals surface area contributed by atoms with Crippen LogP contribution in [0.3, 0.4) is 0 Å². The summed E-state index contributed by atoms with van der Waals surface area (Å²) in [5.74, 6) is 1.66. The van der Waals surface area contributed by atoms with Crippen molar-refractivity contribution in [1.82, 2.24) is 15.3 Å². The molecule has 1 N–H and O–H groups in total. The van der Waals surface area contributed by atoms with Crippen LogP contribution in [0.15, 0.2) is 54.2 Å². The average molecular weight is 451 g/mol. The SMILES string of the molecule is CN(C(=O)Cc1cccc(OCCCC2CCNCC2)c1)c1nc(-c2ccncc2)cs1. The van der Waals surface area contributed by atoms with Crippen LogP contribution in [-0.2, 0) is 11.2 Å². The highest BCUT2D eigenvalue weighted by molar-refractivity contribution is 7.14. The number of carbonyl (C=O) groups is 1. The lowest BCUT2D eigenvalue weighted by atomic mass is 9.93. The number of aromatic nitrogens is 2. The number of rotatable bonds is 9. The molecule has 1 aliphatic heterocycles. The molecule has 7 heteroatoms. The molecule has 6 nitrogen and oxygen atoms in total. The summed E-state index contributed by atoms with van der Waals surface area (Å²) in [5, 5.41) is 6.06. The van der Waals surface area contributed by atoms with Crippen LogP contribution in [0, 0.1) is 5.92 Å². The molecule has 3 heterocycles. The van der Waals surface area contributed by atoms with Gasteiger partial charge in [-0.2, -0.15) is 0 Å². The second-order valence-corrected chi connectivity index (χ2v) is 9.05. The van der Waals surface area contributed by atoms with E-state index in [9.17, 15) is 4.79 Å². The Morgan fingerprint density at radius 1 is 1.22 bits per heavy atom. The molecule has 1 aliphatic rings. The third-order valence-electron chi connectivity index (χ3n) is 5.87. The van der Waals surface area contributed by atoms with Gasteiger partial charge < -0.3 is 10.1 Å². The average Bonchev–Trinajstić information content (AvgIpc) is 3.33. The molecule has 168 valence electrons. The van der Waals surface area contributed by atoms with Crippen LogP contribution >= 0.6 is 11.3 Å². The van der Waals surface area contributed by atoms with E-state index in [1.165, 1.54) is 30.6 Å². The number of hydrogen-bond acceptors (Lipinski definition) is 6. The zero-order chi connectivity index (χ0) is 22.2. The minimum atomic E-state index is 0.00341. The highest BCUT2D eigenvalue weighted by Gasteiger charge is 2.16. The van der Waals surface area contributed by atoms with Crippen molar-refractivity contribution in [3.63, 3.8) is 0 Å². The lowest BCUT2D eigenvalue weighted by Gasteiger charge is -2.22. The molecule has 1 fully saturated rings. The van der Waals surface area contributed by atoms with Crippen LogP contribution in [-0.4, -0.2) is 42.6 Å². The maximum atomic E-state index is 12.8. The Bertz CT molecular complexity index is 1000. The summed E-state index contributed by atoms with van der Waals surface area (Å²) < 4.78 is 5.96. The van der Waals surface area contributed by atoms with E-state index in [1.54, 1.807) is 24.3 Å². The Labute approximate surface area is 193 Å². The Morgan fingerprint density at radius 2 is 2.03 bits per heavy atom. The normalized spacial score (nSPS) is 14.3. The fourth-order valence-electron chi connectivity index (χ4n) is 3.95. The van der Waals surface area contributed by atoms with Crippen LogP contribution in [0.4, 0.5) is 5.13 Å². The van der Waals surface area contributed by atoms with Gasteiger partial charge in [-0.1, -0.05) is 12.1 Å². The summed E-state index contributed by atoms with van der Waals surface area (Å²) >= 11 is 1.46. The minimum absolute atomic E-state index is 0.00341. The first-order valence-corrected chi connectivity index (χ1v) is 12.1. The third kappa shape index (κ3) is 6.14. The van der Waals surface area contributed by atoms with E-state index in [-0.39, 0.29) is 5.91 Å². The summed E-state index contributed by atoms with van der Waals surface area (Å²) in [4.78, 5) is 23.1. The number of carbonyl (C=O) groups excluding carboxylic acids is 1. The van der Waals surface area contributed by atoms with Gasteiger partial charge in [0.25, 0.3) is 0 Å². The standard InChI is InChI=1S/C25H30N4O2S/c1-29(25-28-23(18-32-25)21-9-13-27-14-10-21)24(30)17-20-4-2-6-22(16-20)31-15-3-5-19-7-11-26-12-8-19/h2,4,6,9-10,13-14,16,18-19,26H,3,5,7-8,11-12,15,17H2,1H3. The first-order chi connectivity index (χ1) is 15.7. The highest BCUT2D eigenvalue weighted by atomic mass is 32.1. The summed E-state index contributed by atoms with van der Waals surface area (Å²) in [6.07, 6.45) is 8.63. The van der Waals surface area contributed by atoms with Crippen LogP contribution in [0.25, 0.3) is 11.3 Å². The number of anilines is 1. The Kier molecular flexibility index (Phi) is 7.85. The number of hydrogen-bond donors (Lipinski definition) is 1. The molecule has 0 aliphatic carbocycles. The second kappa shape index (κ2) is 11.2. The number of likely N-dealkylation sites (N-methyl/N-ethyl adjacent to an activating group) is 1. The predicted octanol–water partition coefficient (Wildman–Crippen LogP) is 4.57. The molecular weight excluding hydrogens is 420 g/mol. The number of nitrogens with one attached hydrogen (secondary N) is 1. The van der Waals surface area contributed by atoms with Gasteiger partial charge in [-0.05, 0) is 74.5 Å². The van der Waals surface area contributed by atoms with Crippen molar-refractivity contribution in [3.8, 4) is 17.0 Å². The van der Waals surface area contributed by atoms with Crippen molar-refractivity contribution in [2.75, 3.05) is 31.6 Å². The number of amides is 1. The van der Waals surface area contributed by atoms with E-state index in [4.69, 9.17) is 4.74 Å². The lowest BCUT2D eigenvalue weighted by Crippen LogP contribution is -2.27. The van der Waals surface area contributed by atoms with Gasteiger partial charge in [0.1, 0.15) is 5.75 Å². The van der Waals surface area contributed by atoms with Gasteiger partial charge in [0, 0.05) is 30.4 Å². The molecule has 0 radical (unpaired) electrons. The van der Waals surface area contributed by atoms with Gasteiger partial charge in [-0.25, -0.2) is 4.98 Å². The molecule has 0 atom stereocenters. The number of nitrogens with zero attached hydrogens (tertiary/aromatic N) is 3. The van der Waals surface area contributed by atoms with Gasteiger partial charge >= 0.3 is 0 Å². The number of ether oxygens (including phenoxy) is 1. The quantitative estimate of drug-likeness (QED) is 0.484. The Morgan fingerprint density at radius 3 is 2.84 bits per heavy atom. The van der Waals surface area contributed by atoms with E-state index in [0.717, 1.165) is 54.6 Å². The predicted molar refractivity (Wildman–Crippen MR) is 129 cm³/mol. The largest absolute Gasteiger partial charge is 0.494 e. The van der Waals surface area contributed by atoms with Gasteiger partial charge in [0.05, 0.1) is 18.7 Å². The highest BCUT2D eigenvalue weighted by Crippen LogP contribution is 2.27. The maximum Gasteiger partial charge on any atom is 0.232 e. The molecule has 0 unspecified atom stereocenters. The summed E-state index contributed by atoms with van der Waals surface area (Å²) in [5.41, 5.74) is 2.80. The first kappa shape index (κ1) is 22.4. The summed E-state index contributed by atoms with van der Waals surface area (Å²) in [7, 11) is 1.78. The molecule has 2 aromatic heterocycles. The molecule has 1 amide bonds. The molecule has 1 saturated heterocycles. The summed E-state index contributed by atoms with van der Waals surface area (Å²) in [6.45, 7) is 3.00. The summed E-state index contributed by atoms with van der Waals surface area (Å²) in [6, 6.07) is 11.7. The Balaban J connectivity index is 1.28. The molecule has 3 aromatic rings. The molecular formula is C25H30N4O2S. The van der Waals surface area contributed by atoms with Gasteiger partial charge in [0.15, 0.2) is 5.13 Å². The molecule has 1 aromatic carbocycles. The van der Waals surface area contributed by atoms with Crippen LogP contribution in [0.5, 0.6) is 5.75 Å². The number of pyridine rings is 1. The van der Waals surface area contributed by atoms with E-state index in [1.807, 2.05) is 41.8 Å². The molecule has 0 saturated carbocycles. The fraction of sp³-hybridized carbons (Fsp3) is 0.400. The second-order valence-electron chi connectivity index (χ2n) is 8.21. The molecule has 4 rings (SSSR count). The van der Waals surface area contributed by atoms with Crippen molar-refractivity contribution in [3.05, 3.63) is 59.7 Å². The van der Waals surface area contributed by atoms with E-state index >= 15 is 0 Å². The fourth-order valence-corrected chi connectivity index (χ4v) is 4.77.